The number of hydrogen-bond acceptors (Lipinski definition) is 4. The highest BCUT2D eigenvalue weighted by Gasteiger charge is 2.31. The zero-order chi connectivity index (χ0) is 13.0. The molecule has 2 N–H and O–H groups in total. The summed E-state index contributed by atoms with van der Waals surface area (Å²) in [4.78, 5) is 17.6. The molecule has 0 bridgehead atoms. The minimum absolute atomic E-state index is 0.0873. The van der Waals surface area contributed by atoms with E-state index in [9.17, 15) is 4.79 Å². The van der Waals surface area contributed by atoms with Crippen molar-refractivity contribution in [1.82, 2.24) is 4.90 Å². The normalized spacial score (nSPS) is 13.0. The summed E-state index contributed by atoms with van der Waals surface area (Å²) in [6.07, 6.45) is 1.31. The maximum atomic E-state index is 11.2. The van der Waals surface area contributed by atoms with Gasteiger partial charge in [-0.15, -0.1) is 0 Å². The Morgan fingerprint density at radius 2 is 1.69 bits per heavy atom. The van der Waals surface area contributed by atoms with Gasteiger partial charge in [0.2, 0.25) is 0 Å². The maximum Gasteiger partial charge on any atom is 0.324 e. The number of rotatable bonds is 6. The number of nitrogens with two attached hydrogens (primary N) is 1. The Kier molecular flexibility index (Phi) is 5.42. The molecule has 4 nitrogen and oxygen atoms in total. The van der Waals surface area contributed by atoms with Crippen molar-refractivity contribution in [2.45, 2.75) is 40.5 Å². The summed E-state index contributed by atoms with van der Waals surface area (Å²) in [5, 5.41) is 0. The summed E-state index contributed by atoms with van der Waals surface area (Å²) in [6.45, 7) is 9.56. The van der Waals surface area contributed by atoms with Gasteiger partial charge < -0.3 is 9.74 Å². The fourth-order valence-electron chi connectivity index (χ4n) is 2.70. The summed E-state index contributed by atoms with van der Waals surface area (Å²) >= 11 is 0. The van der Waals surface area contributed by atoms with Crippen molar-refractivity contribution in [3.63, 3.8) is 0 Å². The molecule has 0 fully saturated rings. The lowest BCUT2D eigenvalue weighted by atomic mass is 9.73. The van der Waals surface area contributed by atoms with Crippen LogP contribution in [-0.2, 0) is 9.63 Å². The predicted molar refractivity (Wildman–Crippen MR) is 65.6 cm³/mol. The average Bonchev–Trinajstić information content (AvgIpc) is 1.97. The molecule has 0 heterocycles. The molecule has 96 valence electrons. The van der Waals surface area contributed by atoms with E-state index in [0.29, 0.717) is 6.42 Å². The van der Waals surface area contributed by atoms with Gasteiger partial charge in [0.25, 0.3) is 0 Å². The zero-order valence-electron chi connectivity index (χ0n) is 11.5. The third-order valence-corrected chi connectivity index (χ3v) is 2.46. The highest BCUT2D eigenvalue weighted by atomic mass is 16.7. The molecule has 0 unspecified atom stereocenters. The van der Waals surface area contributed by atoms with Crippen molar-refractivity contribution >= 4 is 5.97 Å². The van der Waals surface area contributed by atoms with E-state index in [4.69, 9.17) is 5.90 Å². The van der Waals surface area contributed by atoms with Crippen LogP contribution >= 0.6 is 0 Å². The molecular weight excluding hydrogens is 204 g/mol. The molecule has 0 aromatic rings. The van der Waals surface area contributed by atoms with E-state index in [1.54, 1.807) is 0 Å². The lowest BCUT2D eigenvalue weighted by Gasteiger charge is -2.36. The van der Waals surface area contributed by atoms with Gasteiger partial charge in [-0.25, -0.2) is 0 Å². The van der Waals surface area contributed by atoms with Crippen molar-refractivity contribution in [1.29, 1.82) is 0 Å². The van der Waals surface area contributed by atoms with Gasteiger partial charge in [-0.3, -0.25) is 4.79 Å². The van der Waals surface area contributed by atoms with Crippen molar-refractivity contribution in [2.24, 2.45) is 16.7 Å². The second-order valence-corrected chi connectivity index (χ2v) is 6.41. The second-order valence-electron chi connectivity index (χ2n) is 6.41. The van der Waals surface area contributed by atoms with E-state index in [-0.39, 0.29) is 16.8 Å². The van der Waals surface area contributed by atoms with Gasteiger partial charge >= 0.3 is 5.97 Å². The van der Waals surface area contributed by atoms with Crippen LogP contribution in [0.3, 0.4) is 0 Å². The van der Waals surface area contributed by atoms with Gasteiger partial charge in [0.15, 0.2) is 0 Å². The Balaban J connectivity index is 4.38. The van der Waals surface area contributed by atoms with Gasteiger partial charge in [0.05, 0.1) is 6.42 Å². The zero-order valence-corrected chi connectivity index (χ0v) is 11.5. The monoisotopic (exact) mass is 230 g/mol. The van der Waals surface area contributed by atoms with Crippen LogP contribution < -0.4 is 5.90 Å². The van der Waals surface area contributed by atoms with Crippen LogP contribution in [0.25, 0.3) is 0 Å². The highest BCUT2D eigenvalue weighted by molar-refractivity contribution is 5.69. The predicted octanol–water partition coefficient (Wildman–Crippen LogP) is 1.80. The van der Waals surface area contributed by atoms with Gasteiger partial charge in [-0.2, -0.15) is 5.90 Å². The van der Waals surface area contributed by atoms with Crippen LogP contribution in [0.4, 0.5) is 0 Å². The molecule has 0 rings (SSSR count). The van der Waals surface area contributed by atoms with Gasteiger partial charge in [0.1, 0.15) is 0 Å². The SMILES string of the molecule is CN(C)CC(C)(C)CC(C)(C)CC(=O)ON. The lowest BCUT2D eigenvalue weighted by molar-refractivity contribution is -0.147. The maximum absolute atomic E-state index is 11.2. The first kappa shape index (κ1) is 15.4. The second kappa shape index (κ2) is 5.64. The summed E-state index contributed by atoms with van der Waals surface area (Å²) in [5.74, 6) is 4.52. The minimum Gasteiger partial charge on any atom is -0.373 e. The average molecular weight is 230 g/mol. The molecule has 4 heteroatoms. The molecule has 0 aliphatic heterocycles. The highest BCUT2D eigenvalue weighted by Crippen LogP contribution is 2.36. The first-order valence-electron chi connectivity index (χ1n) is 5.62. The van der Waals surface area contributed by atoms with Gasteiger partial charge in [-0.05, 0) is 31.3 Å². The summed E-state index contributed by atoms with van der Waals surface area (Å²) in [7, 11) is 4.12. The molecule has 0 spiro atoms. The molecule has 0 aromatic heterocycles. The first-order valence-corrected chi connectivity index (χ1v) is 5.62. The Morgan fingerprint density at radius 3 is 2.06 bits per heavy atom. The van der Waals surface area contributed by atoms with Crippen LogP contribution in [0.2, 0.25) is 0 Å². The number of hydrogen-bond donors (Lipinski definition) is 1. The van der Waals surface area contributed by atoms with Crippen molar-refractivity contribution < 1.29 is 9.63 Å². The Hall–Kier alpha value is -0.610. The number of carbonyl (C=O) groups excluding carboxylic acids is 1. The molecule has 16 heavy (non-hydrogen) atoms. The quantitative estimate of drug-likeness (QED) is 0.707. The third-order valence-electron chi connectivity index (χ3n) is 2.46. The van der Waals surface area contributed by atoms with Gasteiger partial charge in [0, 0.05) is 6.54 Å². The van der Waals surface area contributed by atoms with Crippen molar-refractivity contribution in [2.75, 3.05) is 20.6 Å². The van der Waals surface area contributed by atoms with Crippen LogP contribution in [0.1, 0.15) is 40.5 Å². The van der Waals surface area contributed by atoms with Crippen LogP contribution in [0.5, 0.6) is 0 Å². The van der Waals surface area contributed by atoms with E-state index in [0.717, 1.165) is 13.0 Å². The van der Waals surface area contributed by atoms with E-state index < -0.39 is 0 Å². The number of carbonyl (C=O) groups is 1. The van der Waals surface area contributed by atoms with E-state index in [1.165, 1.54) is 0 Å². The minimum atomic E-state index is -0.342. The van der Waals surface area contributed by atoms with Crippen LogP contribution in [0.15, 0.2) is 0 Å². The molecule has 0 radical (unpaired) electrons. The molecule has 0 aromatic carbocycles. The Labute approximate surface area is 99.1 Å². The molecule has 0 saturated heterocycles. The topological polar surface area (TPSA) is 55.6 Å². The molecule has 0 saturated carbocycles. The fourth-order valence-corrected chi connectivity index (χ4v) is 2.70. The van der Waals surface area contributed by atoms with E-state index >= 15 is 0 Å². The van der Waals surface area contributed by atoms with Gasteiger partial charge in [-0.1, -0.05) is 27.7 Å². The smallest absolute Gasteiger partial charge is 0.324 e. The van der Waals surface area contributed by atoms with Crippen LogP contribution in [-0.4, -0.2) is 31.5 Å². The standard InChI is InChI=1S/C12H26N2O2/c1-11(2,7-10(15)16-13)8-12(3,4)9-14(5)6/h7-9,13H2,1-6H3. The van der Waals surface area contributed by atoms with Crippen molar-refractivity contribution in [3.8, 4) is 0 Å². The summed E-state index contributed by atoms with van der Waals surface area (Å²) < 4.78 is 0. The largest absolute Gasteiger partial charge is 0.373 e. The Bertz CT molecular complexity index is 235. The van der Waals surface area contributed by atoms with E-state index in [2.05, 4.69) is 51.5 Å². The summed E-state index contributed by atoms with van der Waals surface area (Å²) in [6, 6.07) is 0. The van der Waals surface area contributed by atoms with Crippen molar-refractivity contribution in [3.05, 3.63) is 0 Å². The molecule has 0 aliphatic rings. The van der Waals surface area contributed by atoms with E-state index in [1.807, 2.05) is 0 Å². The molecule has 0 atom stereocenters. The van der Waals surface area contributed by atoms with Crippen LogP contribution in [0, 0.1) is 10.8 Å². The molecular formula is C12H26N2O2. The fraction of sp³-hybridized carbons (Fsp3) is 0.917. The lowest BCUT2D eigenvalue weighted by Crippen LogP contribution is -2.34. The summed E-state index contributed by atoms with van der Waals surface area (Å²) in [5.41, 5.74) is 0.0812. The number of nitrogens with zero attached hydrogens (tertiary/aromatic N) is 1. The Morgan fingerprint density at radius 1 is 1.19 bits per heavy atom. The molecule has 0 aliphatic carbocycles. The first-order chi connectivity index (χ1) is 7.08. The molecule has 0 amide bonds. The third kappa shape index (κ3) is 6.80.